The molecule has 0 saturated carbocycles. The summed E-state index contributed by atoms with van der Waals surface area (Å²) in [5.41, 5.74) is 0. The van der Waals surface area contributed by atoms with Crippen LogP contribution in [0.2, 0.25) is 0 Å². The predicted molar refractivity (Wildman–Crippen MR) is 67.1 cm³/mol. The molecule has 0 aromatic heterocycles. The fourth-order valence-corrected chi connectivity index (χ4v) is 2.70. The van der Waals surface area contributed by atoms with Gasteiger partial charge in [0.25, 0.3) is 0 Å². The number of hydrogen-bond acceptors (Lipinski definition) is 2. The van der Waals surface area contributed by atoms with Gasteiger partial charge in [0.1, 0.15) is 0 Å². The molecule has 1 rings (SSSR count). The highest BCUT2D eigenvalue weighted by molar-refractivity contribution is 4.85. The molecule has 90 valence electrons. The van der Waals surface area contributed by atoms with Crippen molar-refractivity contribution in [3.05, 3.63) is 0 Å². The largest absolute Gasteiger partial charge is 0.311 e. The minimum Gasteiger partial charge on any atom is -0.311 e. The van der Waals surface area contributed by atoms with Gasteiger partial charge in [0.05, 0.1) is 0 Å². The van der Waals surface area contributed by atoms with Crippen LogP contribution < -0.4 is 5.32 Å². The maximum absolute atomic E-state index is 3.62. The van der Waals surface area contributed by atoms with Crippen molar-refractivity contribution in [2.24, 2.45) is 11.8 Å². The average Bonchev–Trinajstić information content (AvgIpc) is 2.18. The molecule has 0 amide bonds. The second-order valence-electron chi connectivity index (χ2n) is 5.52. The molecule has 1 aliphatic rings. The average molecular weight is 212 g/mol. The summed E-state index contributed by atoms with van der Waals surface area (Å²) >= 11 is 0. The van der Waals surface area contributed by atoms with Crippen molar-refractivity contribution < 1.29 is 0 Å². The van der Waals surface area contributed by atoms with Crippen LogP contribution in [0.25, 0.3) is 0 Å². The first kappa shape index (κ1) is 13.0. The van der Waals surface area contributed by atoms with Crippen LogP contribution in [-0.2, 0) is 0 Å². The van der Waals surface area contributed by atoms with Gasteiger partial charge in [-0.3, -0.25) is 4.90 Å². The first-order chi connectivity index (χ1) is 7.06. The first-order valence-corrected chi connectivity index (χ1v) is 6.53. The highest BCUT2D eigenvalue weighted by Gasteiger charge is 2.27. The standard InChI is InChI=1S/C13H28N2/c1-6-13(11(4)5)15-8-7-14-12(9-15)10(2)3/h10-14H,6-9H2,1-5H3. The Labute approximate surface area is 95.4 Å². The Balaban J connectivity index is 2.54. The zero-order valence-electron chi connectivity index (χ0n) is 11.1. The summed E-state index contributed by atoms with van der Waals surface area (Å²) < 4.78 is 0. The van der Waals surface area contributed by atoms with Gasteiger partial charge < -0.3 is 5.32 Å². The van der Waals surface area contributed by atoms with Crippen LogP contribution in [0.5, 0.6) is 0 Å². The summed E-state index contributed by atoms with van der Waals surface area (Å²) in [5.74, 6) is 1.53. The molecule has 0 aliphatic carbocycles. The first-order valence-electron chi connectivity index (χ1n) is 6.53. The molecule has 1 saturated heterocycles. The van der Waals surface area contributed by atoms with Crippen molar-refractivity contribution in [1.29, 1.82) is 0 Å². The lowest BCUT2D eigenvalue weighted by Crippen LogP contribution is -2.56. The number of nitrogens with one attached hydrogen (secondary N) is 1. The van der Waals surface area contributed by atoms with Crippen molar-refractivity contribution in [3.63, 3.8) is 0 Å². The maximum atomic E-state index is 3.62. The molecule has 15 heavy (non-hydrogen) atoms. The van der Waals surface area contributed by atoms with Gasteiger partial charge in [-0.05, 0) is 18.3 Å². The molecule has 0 aromatic carbocycles. The summed E-state index contributed by atoms with van der Waals surface area (Å²) in [6.07, 6.45) is 1.28. The Morgan fingerprint density at radius 1 is 1.27 bits per heavy atom. The summed E-state index contributed by atoms with van der Waals surface area (Å²) in [4.78, 5) is 2.69. The third kappa shape index (κ3) is 3.46. The van der Waals surface area contributed by atoms with Crippen molar-refractivity contribution in [3.8, 4) is 0 Å². The van der Waals surface area contributed by atoms with Gasteiger partial charge in [0.2, 0.25) is 0 Å². The Bertz CT molecular complexity index is 177. The van der Waals surface area contributed by atoms with E-state index in [0.717, 1.165) is 24.4 Å². The normalized spacial score (nSPS) is 26.2. The van der Waals surface area contributed by atoms with E-state index in [4.69, 9.17) is 0 Å². The van der Waals surface area contributed by atoms with Crippen LogP contribution in [0.1, 0.15) is 41.0 Å². The van der Waals surface area contributed by atoms with E-state index in [9.17, 15) is 0 Å². The van der Waals surface area contributed by atoms with Gasteiger partial charge in [-0.15, -0.1) is 0 Å². The molecule has 1 fully saturated rings. The molecule has 2 unspecified atom stereocenters. The molecule has 2 heteroatoms. The van der Waals surface area contributed by atoms with E-state index in [2.05, 4.69) is 44.8 Å². The van der Waals surface area contributed by atoms with E-state index >= 15 is 0 Å². The van der Waals surface area contributed by atoms with Crippen LogP contribution in [0.4, 0.5) is 0 Å². The van der Waals surface area contributed by atoms with E-state index in [-0.39, 0.29) is 0 Å². The van der Waals surface area contributed by atoms with Crippen LogP contribution in [0.3, 0.4) is 0 Å². The van der Waals surface area contributed by atoms with E-state index in [1.165, 1.54) is 19.5 Å². The molecule has 0 spiro atoms. The summed E-state index contributed by atoms with van der Waals surface area (Å²) in [6.45, 7) is 15.3. The second kappa shape index (κ2) is 5.86. The zero-order chi connectivity index (χ0) is 11.4. The van der Waals surface area contributed by atoms with Gasteiger partial charge in [-0.1, -0.05) is 34.6 Å². The number of piperazine rings is 1. The van der Waals surface area contributed by atoms with E-state index in [0.29, 0.717) is 6.04 Å². The molecule has 2 nitrogen and oxygen atoms in total. The van der Waals surface area contributed by atoms with Gasteiger partial charge in [0, 0.05) is 31.7 Å². The van der Waals surface area contributed by atoms with Crippen molar-refractivity contribution in [2.75, 3.05) is 19.6 Å². The van der Waals surface area contributed by atoms with Gasteiger partial charge >= 0.3 is 0 Å². The molecule has 2 atom stereocenters. The van der Waals surface area contributed by atoms with Crippen LogP contribution in [0, 0.1) is 11.8 Å². The molecule has 1 aliphatic heterocycles. The Kier molecular flexibility index (Phi) is 5.07. The van der Waals surface area contributed by atoms with Crippen LogP contribution >= 0.6 is 0 Å². The van der Waals surface area contributed by atoms with Crippen LogP contribution in [-0.4, -0.2) is 36.6 Å². The summed E-state index contributed by atoms with van der Waals surface area (Å²) in [6, 6.07) is 1.46. The third-order valence-electron chi connectivity index (χ3n) is 3.70. The Hall–Kier alpha value is -0.0800. The van der Waals surface area contributed by atoms with E-state index < -0.39 is 0 Å². The quantitative estimate of drug-likeness (QED) is 0.769. The monoisotopic (exact) mass is 212 g/mol. The fourth-order valence-electron chi connectivity index (χ4n) is 2.70. The van der Waals surface area contributed by atoms with Gasteiger partial charge in [0.15, 0.2) is 0 Å². The van der Waals surface area contributed by atoms with E-state index in [1.54, 1.807) is 0 Å². The minimum atomic E-state index is 0.687. The topological polar surface area (TPSA) is 15.3 Å². The highest BCUT2D eigenvalue weighted by atomic mass is 15.2. The predicted octanol–water partition coefficient (Wildman–Crippen LogP) is 2.35. The lowest BCUT2D eigenvalue weighted by atomic mass is 9.95. The molecule has 0 bridgehead atoms. The molecule has 0 aromatic rings. The molecular weight excluding hydrogens is 184 g/mol. The number of rotatable bonds is 4. The molecule has 1 heterocycles. The SMILES string of the molecule is CCC(C(C)C)N1CCNC(C(C)C)C1. The zero-order valence-corrected chi connectivity index (χ0v) is 11.1. The summed E-state index contributed by atoms with van der Waals surface area (Å²) in [7, 11) is 0. The van der Waals surface area contributed by atoms with Crippen molar-refractivity contribution in [1.82, 2.24) is 10.2 Å². The molecule has 1 N–H and O–H groups in total. The third-order valence-corrected chi connectivity index (χ3v) is 3.70. The Morgan fingerprint density at radius 3 is 2.40 bits per heavy atom. The summed E-state index contributed by atoms with van der Waals surface area (Å²) in [5, 5.41) is 3.62. The van der Waals surface area contributed by atoms with Crippen molar-refractivity contribution in [2.45, 2.75) is 53.1 Å². The number of hydrogen-bond donors (Lipinski definition) is 1. The van der Waals surface area contributed by atoms with Gasteiger partial charge in [-0.25, -0.2) is 0 Å². The maximum Gasteiger partial charge on any atom is 0.0218 e. The lowest BCUT2D eigenvalue weighted by Gasteiger charge is -2.41. The van der Waals surface area contributed by atoms with Crippen LogP contribution in [0.15, 0.2) is 0 Å². The Morgan fingerprint density at radius 2 is 1.93 bits per heavy atom. The van der Waals surface area contributed by atoms with E-state index in [1.807, 2.05) is 0 Å². The smallest absolute Gasteiger partial charge is 0.0218 e. The van der Waals surface area contributed by atoms with Crippen molar-refractivity contribution >= 4 is 0 Å². The molecule has 0 radical (unpaired) electrons. The number of nitrogens with zero attached hydrogens (tertiary/aromatic N) is 1. The highest BCUT2D eigenvalue weighted by Crippen LogP contribution is 2.18. The van der Waals surface area contributed by atoms with Gasteiger partial charge in [-0.2, -0.15) is 0 Å². The second-order valence-corrected chi connectivity index (χ2v) is 5.52. The minimum absolute atomic E-state index is 0.687. The lowest BCUT2D eigenvalue weighted by molar-refractivity contribution is 0.0971. The molecular formula is C13H28N2. The fraction of sp³-hybridized carbons (Fsp3) is 1.00.